The summed E-state index contributed by atoms with van der Waals surface area (Å²) in [5.74, 6) is 0.570. The second-order valence-corrected chi connectivity index (χ2v) is 12.0. The number of carbonyl (C=O) groups excluding carboxylic acids is 1. The zero-order valence-electron chi connectivity index (χ0n) is 22.4. The van der Waals surface area contributed by atoms with E-state index >= 15 is 0 Å². The Morgan fingerprint density at radius 3 is 2.15 bits per heavy atom. The first-order valence-electron chi connectivity index (χ1n) is 13.1. The van der Waals surface area contributed by atoms with Gasteiger partial charge in [-0.3, -0.25) is 9.36 Å². The minimum absolute atomic E-state index is 0.136. The highest BCUT2D eigenvalue weighted by Crippen LogP contribution is 2.39. The summed E-state index contributed by atoms with van der Waals surface area (Å²) in [6.07, 6.45) is 0.814. The number of carbonyl (C=O) groups is 1. The fraction of sp³-hybridized carbons (Fsp3) is 0.290. The van der Waals surface area contributed by atoms with Crippen molar-refractivity contribution in [1.82, 2.24) is 9.47 Å². The third-order valence-corrected chi connectivity index (χ3v) is 7.65. The number of rotatable bonds is 4. The van der Waals surface area contributed by atoms with E-state index in [0.29, 0.717) is 58.0 Å². The van der Waals surface area contributed by atoms with Crippen LogP contribution >= 0.6 is 34.8 Å². The summed E-state index contributed by atoms with van der Waals surface area (Å²) < 4.78 is 13.5. The molecule has 1 fully saturated rings. The van der Waals surface area contributed by atoms with Gasteiger partial charge < -0.3 is 14.4 Å². The highest BCUT2D eigenvalue weighted by Gasteiger charge is 2.28. The maximum Gasteiger partial charge on any atom is 0.410 e. The molecule has 1 saturated heterocycles. The number of pyridine rings is 1. The standard InChI is InChI=1S/C31H29Cl3N2O4/c1-31(2,3)40-30(38)35-15-13-19(14-16-35)39-20-17-23(21-7-4-5-8-24(21)32)22-11-12-28(37)36(27(22)18-20)29-25(33)9-6-10-26(29)34/h4-12,17-19H,13-16H2,1-3H3. The second kappa shape index (κ2) is 11.4. The molecule has 0 spiro atoms. The Morgan fingerprint density at radius 1 is 0.850 bits per heavy atom. The van der Waals surface area contributed by atoms with Crippen LogP contribution in [0.15, 0.2) is 71.5 Å². The summed E-state index contributed by atoms with van der Waals surface area (Å²) in [4.78, 5) is 27.5. The molecule has 0 N–H and O–H groups in total. The average molecular weight is 600 g/mol. The van der Waals surface area contributed by atoms with Gasteiger partial charge >= 0.3 is 6.09 Å². The Kier molecular flexibility index (Phi) is 8.05. The van der Waals surface area contributed by atoms with Crippen LogP contribution in [0.1, 0.15) is 33.6 Å². The topological polar surface area (TPSA) is 60.8 Å². The van der Waals surface area contributed by atoms with E-state index < -0.39 is 5.60 Å². The normalized spacial score (nSPS) is 14.4. The van der Waals surface area contributed by atoms with Crippen LogP contribution in [-0.4, -0.2) is 40.4 Å². The Hall–Kier alpha value is -3.19. The minimum Gasteiger partial charge on any atom is -0.490 e. The third kappa shape index (κ3) is 5.95. The van der Waals surface area contributed by atoms with E-state index in [0.717, 1.165) is 16.5 Å². The predicted octanol–water partition coefficient (Wildman–Crippen LogP) is 8.40. The Bertz CT molecular complexity index is 1620. The minimum atomic E-state index is -0.551. The van der Waals surface area contributed by atoms with Crippen LogP contribution in [0.4, 0.5) is 4.79 Å². The van der Waals surface area contributed by atoms with Crippen LogP contribution in [-0.2, 0) is 4.74 Å². The number of nitrogens with zero attached hydrogens (tertiary/aromatic N) is 2. The van der Waals surface area contributed by atoms with Crippen molar-refractivity contribution in [2.24, 2.45) is 0 Å². The molecule has 1 aromatic heterocycles. The molecule has 1 aliphatic rings. The van der Waals surface area contributed by atoms with Crippen LogP contribution in [0, 0.1) is 0 Å². The van der Waals surface area contributed by atoms with Crippen molar-refractivity contribution < 1.29 is 14.3 Å². The molecular weight excluding hydrogens is 571 g/mol. The lowest BCUT2D eigenvalue weighted by molar-refractivity contribution is 0.0127. The van der Waals surface area contributed by atoms with Crippen molar-refractivity contribution in [2.75, 3.05) is 13.1 Å². The number of likely N-dealkylation sites (tertiary alicyclic amines) is 1. The molecule has 0 unspecified atom stereocenters. The van der Waals surface area contributed by atoms with Gasteiger partial charge in [0, 0.05) is 54.0 Å². The molecule has 208 valence electrons. The van der Waals surface area contributed by atoms with E-state index in [1.165, 1.54) is 10.6 Å². The van der Waals surface area contributed by atoms with E-state index in [1.54, 1.807) is 29.2 Å². The molecular formula is C31H29Cl3N2O4. The van der Waals surface area contributed by atoms with Gasteiger partial charge in [0.05, 0.1) is 21.2 Å². The van der Waals surface area contributed by atoms with Crippen molar-refractivity contribution in [2.45, 2.75) is 45.3 Å². The summed E-state index contributed by atoms with van der Waals surface area (Å²) in [7, 11) is 0. The number of fused-ring (bicyclic) bond motifs is 1. The quantitative estimate of drug-likeness (QED) is 0.236. The van der Waals surface area contributed by atoms with E-state index in [9.17, 15) is 9.59 Å². The maximum atomic E-state index is 13.3. The molecule has 0 bridgehead atoms. The summed E-state index contributed by atoms with van der Waals surface area (Å²) in [6.45, 7) is 6.60. The molecule has 0 radical (unpaired) electrons. The fourth-order valence-electron chi connectivity index (χ4n) is 4.90. The molecule has 6 nitrogen and oxygen atoms in total. The molecule has 5 rings (SSSR count). The number of aromatic nitrogens is 1. The van der Waals surface area contributed by atoms with Gasteiger partial charge in [-0.25, -0.2) is 4.79 Å². The first-order chi connectivity index (χ1) is 19.0. The van der Waals surface area contributed by atoms with E-state index in [4.69, 9.17) is 44.3 Å². The van der Waals surface area contributed by atoms with Crippen molar-refractivity contribution in [3.05, 3.63) is 92.2 Å². The zero-order chi connectivity index (χ0) is 28.6. The van der Waals surface area contributed by atoms with Gasteiger partial charge in [-0.1, -0.05) is 59.1 Å². The van der Waals surface area contributed by atoms with E-state index in [2.05, 4.69) is 0 Å². The van der Waals surface area contributed by atoms with Gasteiger partial charge in [-0.2, -0.15) is 0 Å². The van der Waals surface area contributed by atoms with Crippen LogP contribution < -0.4 is 10.3 Å². The maximum absolute atomic E-state index is 13.3. The van der Waals surface area contributed by atoms with Gasteiger partial charge in [0.25, 0.3) is 5.56 Å². The molecule has 4 aromatic rings. The van der Waals surface area contributed by atoms with Crippen molar-refractivity contribution in [1.29, 1.82) is 0 Å². The lowest BCUT2D eigenvalue weighted by Crippen LogP contribution is -2.44. The van der Waals surface area contributed by atoms with Gasteiger partial charge in [0.2, 0.25) is 0 Å². The molecule has 0 aliphatic carbocycles. The molecule has 40 heavy (non-hydrogen) atoms. The first-order valence-corrected chi connectivity index (χ1v) is 14.2. The molecule has 1 aliphatic heterocycles. The summed E-state index contributed by atoms with van der Waals surface area (Å²) >= 11 is 19.7. The first kappa shape index (κ1) is 28.3. The van der Waals surface area contributed by atoms with Gasteiger partial charge in [-0.15, -0.1) is 0 Å². The predicted molar refractivity (Wildman–Crippen MR) is 161 cm³/mol. The van der Waals surface area contributed by atoms with Gasteiger partial charge in [0.1, 0.15) is 17.5 Å². The number of benzene rings is 3. The highest BCUT2D eigenvalue weighted by atomic mass is 35.5. The molecule has 0 saturated carbocycles. The molecule has 3 aromatic carbocycles. The van der Waals surface area contributed by atoms with Crippen LogP contribution in [0.2, 0.25) is 15.1 Å². The van der Waals surface area contributed by atoms with E-state index in [-0.39, 0.29) is 17.8 Å². The second-order valence-electron chi connectivity index (χ2n) is 10.7. The number of hydrogen-bond donors (Lipinski definition) is 0. The Balaban J connectivity index is 1.57. The van der Waals surface area contributed by atoms with Crippen LogP contribution in [0.5, 0.6) is 5.75 Å². The monoisotopic (exact) mass is 598 g/mol. The Morgan fingerprint density at radius 2 is 1.50 bits per heavy atom. The lowest BCUT2D eigenvalue weighted by atomic mass is 9.99. The summed E-state index contributed by atoms with van der Waals surface area (Å²) in [5.41, 5.74) is 1.76. The van der Waals surface area contributed by atoms with Crippen LogP contribution in [0.25, 0.3) is 27.7 Å². The highest BCUT2D eigenvalue weighted by molar-refractivity contribution is 6.38. The summed E-state index contributed by atoms with van der Waals surface area (Å²) in [5, 5.41) is 2.06. The number of para-hydroxylation sites is 1. The van der Waals surface area contributed by atoms with Gasteiger partial charge in [-0.05, 0) is 56.7 Å². The summed E-state index contributed by atoms with van der Waals surface area (Å²) in [6, 6.07) is 19.7. The largest absolute Gasteiger partial charge is 0.490 e. The third-order valence-electron chi connectivity index (χ3n) is 6.71. The number of halogens is 3. The smallest absolute Gasteiger partial charge is 0.410 e. The SMILES string of the molecule is CC(C)(C)OC(=O)N1CCC(Oc2cc(-c3ccccc3Cl)c3ccc(=O)n(-c4c(Cl)cccc4Cl)c3c2)CC1. The number of ether oxygens (including phenoxy) is 2. The Labute approximate surface area is 248 Å². The molecule has 9 heteroatoms. The molecule has 0 atom stereocenters. The number of piperidine rings is 1. The lowest BCUT2D eigenvalue weighted by Gasteiger charge is -2.33. The number of hydrogen-bond acceptors (Lipinski definition) is 4. The molecule has 1 amide bonds. The average Bonchev–Trinajstić information content (AvgIpc) is 2.89. The van der Waals surface area contributed by atoms with Gasteiger partial charge in [0.15, 0.2) is 0 Å². The fourth-order valence-corrected chi connectivity index (χ4v) is 5.70. The van der Waals surface area contributed by atoms with Crippen molar-refractivity contribution in [3.8, 4) is 22.6 Å². The molecule has 2 heterocycles. The van der Waals surface area contributed by atoms with Crippen LogP contribution in [0.3, 0.4) is 0 Å². The number of amides is 1. The van der Waals surface area contributed by atoms with Crippen molar-refractivity contribution in [3.63, 3.8) is 0 Å². The van der Waals surface area contributed by atoms with Crippen molar-refractivity contribution >= 4 is 51.8 Å². The van der Waals surface area contributed by atoms with E-state index in [1.807, 2.05) is 57.2 Å². The zero-order valence-corrected chi connectivity index (χ0v) is 24.7.